The molecule has 3 aromatic rings. The van der Waals surface area contributed by atoms with Gasteiger partial charge in [-0.3, -0.25) is 14.2 Å². The summed E-state index contributed by atoms with van der Waals surface area (Å²) in [6.07, 6.45) is 1.07. The van der Waals surface area contributed by atoms with Crippen molar-refractivity contribution in [2.45, 2.75) is 26.8 Å². The molecule has 1 amide bonds. The topological polar surface area (TPSA) is 64.3 Å². The van der Waals surface area contributed by atoms with Crippen LogP contribution in [0.25, 0.3) is 15.9 Å². The lowest BCUT2D eigenvalue weighted by Crippen LogP contribution is -2.46. The molecule has 6 nitrogen and oxygen atoms in total. The molecule has 152 valence electrons. The molecule has 1 aliphatic heterocycles. The van der Waals surface area contributed by atoms with Gasteiger partial charge in [0.15, 0.2) is 0 Å². The highest BCUT2D eigenvalue weighted by molar-refractivity contribution is 7.17. The van der Waals surface area contributed by atoms with E-state index in [1.54, 1.807) is 22.4 Å². The smallest absolute Gasteiger partial charge is 0.336 e. The van der Waals surface area contributed by atoms with Crippen LogP contribution in [0.1, 0.15) is 20.3 Å². The van der Waals surface area contributed by atoms with Crippen LogP contribution in [0.5, 0.6) is 0 Å². The Labute approximate surface area is 170 Å². The average Bonchev–Trinajstić information content (AvgIpc) is 3.16. The van der Waals surface area contributed by atoms with Crippen LogP contribution in [0, 0.1) is 17.7 Å². The highest BCUT2D eigenvalue weighted by atomic mass is 32.1. The SMILES string of the molecule is C[C@@H]1C[C@H](C)CN(C(=O)Cn2c(=O)n(-c3ccccc3F)c(=O)c3sccc32)C1. The minimum absolute atomic E-state index is 0.112. The summed E-state index contributed by atoms with van der Waals surface area (Å²) in [4.78, 5) is 40.8. The van der Waals surface area contributed by atoms with Crippen molar-refractivity contribution in [1.29, 1.82) is 0 Å². The summed E-state index contributed by atoms with van der Waals surface area (Å²) in [6, 6.07) is 7.30. The van der Waals surface area contributed by atoms with Crippen molar-refractivity contribution in [3.63, 3.8) is 0 Å². The zero-order chi connectivity index (χ0) is 20.7. The first-order valence-corrected chi connectivity index (χ1v) is 10.5. The van der Waals surface area contributed by atoms with Crippen molar-refractivity contribution < 1.29 is 9.18 Å². The van der Waals surface area contributed by atoms with E-state index < -0.39 is 17.1 Å². The van der Waals surface area contributed by atoms with Crippen molar-refractivity contribution in [3.05, 3.63) is 62.4 Å². The third-order valence-electron chi connectivity index (χ3n) is 5.36. The Balaban J connectivity index is 1.82. The molecular formula is C21H22FN3O3S. The monoisotopic (exact) mass is 415 g/mol. The van der Waals surface area contributed by atoms with Gasteiger partial charge in [-0.05, 0) is 41.8 Å². The normalized spacial score (nSPS) is 19.6. The Kier molecular flexibility index (Phi) is 5.12. The maximum atomic E-state index is 14.4. The number of nitrogens with zero attached hydrogens (tertiary/aromatic N) is 3. The molecule has 0 bridgehead atoms. The minimum atomic E-state index is -0.711. The Morgan fingerprint density at radius 2 is 1.83 bits per heavy atom. The van der Waals surface area contributed by atoms with Gasteiger partial charge in [0.05, 0.1) is 11.2 Å². The number of amides is 1. The molecule has 0 radical (unpaired) electrons. The summed E-state index contributed by atoms with van der Waals surface area (Å²) >= 11 is 1.17. The molecule has 4 rings (SSSR count). The number of rotatable bonds is 3. The van der Waals surface area contributed by atoms with Gasteiger partial charge in [-0.15, -0.1) is 11.3 Å². The summed E-state index contributed by atoms with van der Waals surface area (Å²) in [6.45, 7) is 5.34. The van der Waals surface area contributed by atoms with E-state index in [1.165, 1.54) is 34.1 Å². The lowest BCUT2D eigenvalue weighted by Gasteiger charge is -2.35. The third kappa shape index (κ3) is 3.53. The molecule has 2 aromatic heterocycles. The zero-order valence-corrected chi connectivity index (χ0v) is 17.1. The van der Waals surface area contributed by atoms with Crippen LogP contribution in [-0.2, 0) is 11.3 Å². The van der Waals surface area contributed by atoms with Crippen molar-refractivity contribution in [1.82, 2.24) is 14.0 Å². The summed E-state index contributed by atoms with van der Waals surface area (Å²) in [5, 5.41) is 1.70. The lowest BCUT2D eigenvalue weighted by atomic mass is 9.92. The number of halogens is 1. The highest BCUT2D eigenvalue weighted by Gasteiger charge is 2.27. The maximum Gasteiger partial charge on any atom is 0.336 e. The summed E-state index contributed by atoms with van der Waals surface area (Å²) in [5.41, 5.74) is -0.991. The van der Waals surface area contributed by atoms with Crippen molar-refractivity contribution in [3.8, 4) is 5.69 Å². The summed E-state index contributed by atoms with van der Waals surface area (Å²) in [5.74, 6) is -0.0446. The molecule has 1 saturated heterocycles. The van der Waals surface area contributed by atoms with Crippen LogP contribution < -0.4 is 11.2 Å². The molecule has 0 unspecified atom stereocenters. The Morgan fingerprint density at radius 1 is 1.14 bits per heavy atom. The molecule has 8 heteroatoms. The number of carbonyl (C=O) groups excluding carboxylic acids is 1. The quantitative estimate of drug-likeness (QED) is 0.661. The van der Waals surface area contributed by atoms with E-state index in [-0.39, 0.29) is 18.1 Å². The lowest BCUT2D eigenvalue weighted by molar-refractivity contribution is -0.134. The Bertz CT molecular complexity index is 1190. The standard InChI is InChI=1S/C21H22FN3O3S/c1-13-9-14(2)11-23(10-13)18(26)12-24-17-7-8-29-19(17)20(27)25(21(24)28)16-6-4-3-5-15(16)22/h3-8,13-14H,9-12H2,1-2H3/t13-,14+. The first-order chi connectivity index (χ1) is 13.9. The number of fused-ring (bicyclic) bond motifs is 1. The fourth-order valence-electron chi connectivity index (χ4n) is 4.19. The van der Waals surface area contributed by atoms with Gasteiger partial charge in [-0.2, -0.15) is 0 Å². The number of benzene rings is 1. The van der Waals surface area contributed by atoms with E-state index >= 15 is 0 Å². The van der Waals surface area contributed by atoms with E-state index in [1.807, 2.05) is 0 Å². The molecule has 3 heterocycles. The van der Waals surface area contributed by atoms with E-state index in [9.17, 15) is 18.8 Å². The van der Waals surface area contributed by atoms with E-state index in [2.05, 4.69) is 13.8 Å². The second kappa shape index (κ2) is 7.59. The van der Waals surface area contributed by atoms with E-state index in [4.69, 9.17) is 0 Å². The molecule has 0 spiro atoms. The molecule has 0 aliphatic carbocycles. The molecule has 1 aliphatic rings. The molecule has 2 atom stereocenters. The number of hydrogen-bond acceptors (Lipinski definition) is 4. The van der Waals surface area contributed by atoms with Crippen molar-refractivity contribution >= 4 is 27.5 Å². The largest absolute Gasteiger partial charge is 0.341 e. The van der Waals surface area contributed by atoms with Crippen LogP contribution in [0.2, 0.25) is 0 Å². The number of para-hydroxylation sites is 1. The van der Waals surface area contributed by atoms with Crippen LogP contribution in [0.15, 0.2) is 45.3 Å². The average molecular weight is 415 g/mol. The van der Waals surface area contributed by atoms with Crippen LogP contribution in [-0.4, -0.2) is 33.0 Å². The number of thiophene rings is 1. The summed E-state index contributed by atoms with van der Waals surface area (Å²) in [7, 11) is 0. The fourth-order valence-corrected chi connectivity index (χ4v) is 5.01. The van der Waals surface area contributed by atoms with Gasteiger partial charge >= 0.3 is 5.69 Å². The molecular weight excluding hydrogens is 393 g/mol. The van der Waals surface area contributed by atoms with E-state index in [0.717, 1.165) is 11.0 Å². The molecule has 1 fully saturated rings. The number of hydrogen-bond donors (Lipinski definition) is 0. The number of likely N-dealkylation sites (tertiary alicyclic amines) is 1. The molecule has 0 N–H and O–H groups in total. The van der Waals surface area contributed by atoms with E-state index in [0.29, 0.717) is 35.1 Å². The zero-order valence-electron chi connectivity index (χ0n) is 16.3. The second-order valence-corrected chi connectivity index (χ2v) is 8.76. The van der Waals surface area contributed by atoms with Crippen LogP contribution >= 0.6 is 11.3 Å². The van der Waals surface area contributed by atoms with Crippen LogP contribution in [0.4, 0.5) is 4.39 Å². The van der Waals surface area contributed by atoms with Gasteiger partial charge in [-0.1, -0.05) is 26.0 Å². The first-order valence-electron chi connectivity index (χ1n) is 9.62. The maximum absolute atomic E-state index is 14.4. The molecule has 29 heavy (non-hydrogen) atoms. The predicted octanol–water partition coefficient (Wildman–Crippen LogP) is 2.86. The Hall–Kier alpha value is -2.74. The summed E-state index contributed by atoms with van der Waals surface area (Å²) < 4.78 is 16.8. The van der Waals surface area contributed by atoms with Gasteiger partial charge in [0.2, 0.25) is 5.91 Å². The van der Waals surface area contributed by atoms with Gasteiger partial charge < -0.3 is 4.90 Å². The Morgan fingerprint density at radius 3 is 2.52 bits per heavy atom. The fraction of sp³-hybridized carbons (Fsp3) is 0.381. The predicted molar refractivity (Wildman–Crippen MR) is 111 cm³/mol. The minimum Gasteiger partial charge on any atom is -0.341 e. The number of piperidine rings is 1. The van der Waals surface area contributed by atoms with Crippen molar-refractivity contribution in [2.75, 3.05) is 13.1 Å². The van der Waals surface area contributed by atoms with Crippen LogP contribution in [0.3, 0.4) is 0 Å². The first kappa shape index (κ1) is 19.6. The van der Waals surface area contributed by atoms with Gasteiger partial charge in [0.1, 0.15) is 17.1 Å². The van der Waals surface area contributed by atoms with Gasteiger partial charge in [0.25, 0.3) is 5.56 Å². The molecule has 0 saturated carbocycles. The third-order valence-corrected chi connectivity index (χ3v) is 6.25. The second-order valence-electron chi connectivity index (χ2n) is 7.84. The number of carbonyl (C=O) groups is 1. The number of aromatic nitrogens is 2. The van der Waals surface area contributed by atoms with Gasteiger partial charge in [-0.25, -0.2) is 13.8 Å². The molecule has 1 aromatic carbocycles. The van der Waals surface area contributed by atoms with Gasteiger partial charge in [0, 0.05) is 13.1 Å². The van der Waals surface area contributed by atoms with Crippen molar-refractivity contribution in [2.24, 2.45) is 11.8 Å². The highest BCUT2D eigenvalue weighted by Crippen LogP contribution is 2.22.